The van der Waals surface area contributed by atoms with E-state index in [2.05, 4.69) is 16.0 Å². The number of hydrogen-bond acceptors (Lipinski definition) is 5. The summed E-state index contributed by atoms with van der Waals surface area (Å²) in [6.07, 6.45) is 0. The summed E-state index contributed by atoms with van der Waals surface area (Å²) in [7, 11) is 0. The van der Waals surface area contributed by atoms with Gasteiger partial charge in [-0.25, -0.2) is 0 Å². The lowest BCUT2D eigenvalue weighted by Crippen LogP contribution is -2.53. The average molecular weight is 408 g/mol. The number of hydrogen-bond donors (Lipinski definition) is 3. The fourth-order valence-corrected chi connectivity index (χ4v) is 2.42. The minimum atomic E-state index is -0.673. The number of ether oxygens (including phenoxy) is 1. The van der Waals surface area contributed by atoms with Crippen LogP contribution in [0.3, 0.4) is 0 Å². The first kappa shape index (κ1) is 26.6. The van der Waals surface area contributed by atoms with Gasteiger partial charge in [-0.3, -0.25) is 14.4 Å². The predicted octanol–water partition coefficient (Wildman–Crippen LogP) is 3.24. The third-order valence-electron chi connectivity index (χ3n) is 3.88. The molecule has 7 nitrogen and oxygen atoms in total. The van der Waals surface area contributed by atoms with Gasteiger partial charge in [0.05, 0.1) is 6.04 Å². The molecule has 0 saturated heterocycles. The zero-order valence-electron chi connectivity index (χ0n) is 19.0. The van der Waals surface area contributed by atoms with Gasteiger partial charge in [0, 0.05) is 18.7 Å². The topological polar surface area (TPSA) is 96.5 Å². The van der Waals surface area contributed by atoms with Gasteiger partial charge < -0.3 is 20.7 Å². The van der Waals surface area contributed by atoms with Gasteiger partial charge in [0.25, 0.3) is 0 Å². The number of nitrogens with one attached hydrogen (secondary N) is 3. The van der Waals surface area contributed by atoms with Gasteiger partial charge in [-0.2, -0.15) is 0 Å². The quantitative estimate of drug-likeness (QED) is 0.546. The van der Waals surface area contributed by atoms with Gasteiger partial charge in [-0.05, 0) is 30.5 Å². The maximum Gasteiger partial charge on any atom is 0.302 e. The van der Waals surface area contributed by atoms with E-state index in [-0.39, 0.29) is 42.4 Å². The molecule has 3 N–H and O–H groups in total. The molecular weight excluding hydrogens is 370 g/mol. The molecule has 7 heteroatoms. The highest BCUT2D eigenvalue weighted by Crippen LogP contribution is 2.11. The first-order valence-corrected chi connectivity index (χ1v) is 10.2. The first-order valence-electron chi connectivity index (χ1n) is 10.2. The lowest BCUT2D eigenvalue weighted by molar-refractivity contribution is -0.142. The third-order valence-corrected chi connectivity index (χ3v) is 3.88. The van der Waals surface area contributed by atoms with Crippen LogP contribution in [0.15, 0.2) is 24.3 Å². The summed E-state index contributed by atoms with van der Waals surface area (Å²) in [5, 5.41) is 8.75. The van der Waals surface area contributed by atoms with Crippen molar-refractivity contribution < 1.29 is 19.1 Å². The molecule has 2 atom stereocenters. The smallest absolute Gasteiger partial charge is 0.302 e. The zero-order valence-corrected chi connectivity index (χ0v) is 19.0. The average Bonchev–Trinajstić information content (AvgIpc) is 2.66. The van der Waals surface area contributed by atoms with E-state index < -0.39 is 6.04 Å². The molecule has 0 aliphatic carbocycles. The Bertz CT molecular complexity index is 642. The summed E-state index contributed by atoms with van der Waals surface area (Å²) in [5.74, 6) is -0.739. The van der Waals surface area contributed by atoms with Crippen LogP contribution in [0.1, 0.15) is 61.0 Å². The fourth-order valence-electron chi connectivity index (χ4n) is 2.42. The second-order valence-electron chi connectivity index (χ2n) is 7.24. The van der Waals surface area contributed by atoms with Crippen molar-refractivity contribution in [2.45, 2.75) is 80.1 Å². The molecule has 1 aromatic rings. The minimum absolute atomic E-state index is 0.104. The van der Waals surface area contributed by atoms with Crippen molar-refractivity contribution in [3.63, 3.8) is 0 Å². The van der Waals surface area contributed by atoms with Crippen LogP contribution in [0.5, 0.6) is 0 Å². The largest absolute Gasteiger partial charge is 0.461 e. The van der Waals surface area contributed by atoms with Gasteiger partial charge in [-0.15, -0.1) is 0 Å². The van der Waals surface area contributed by atoms with Crippen LogP contribution >= 0.6 is 0 Å². The molecule has 2 amide bonds. The van der Waals surface area contributed by atoms with Crippen molar-refractivity contribution in [3.05, 3.63) is 29.8 Å². The van der Waals surface area contributed by atoms with Crippen LogP contribution in [-0.2, 0) is 25.7 Å². The Kier molecular flexibility index (Phi) is 12.6. The van der Waals surface area contributed by atoms with Crippen molar-refractivity contribution >= 4 is 23.5 Å². The molecule has 164 valence electrons. The van der Waals surface area contributed by atoms with Gasteiger partial charge >= 0.3 is 5.97 Å². The standard InChI is InChI=1S/C20H31N3O4.C2H6/c1-12(2)18(21-13(3)4)20(26)22-14(5)19(25)23-17-9-7-16(8-10-17)11-27-15(6)24;1-2/h7-10,12-14,18,21H,11H2,1-6H3,(H,22,26)(H,23,25);1-2H3/t14-,18?;/m0./s1. The summed E-state index contributed by atoms with van der Waals surface area (Å²) in [5.41, 5.74) is 1.43. The molecule has 0 spiro atoms. The normalized spacial score (nSPS) is 12.5. The predicted molar refractivity (Wildman–Crippen MR) is 116 cm³/mol. The number of carbonyl (C=O) groups is 3. The Morgan fingerprint density at radius 1 is 0.931 bits per heavy atom. The van der Waals surface area contributed by atoms with Crippen LogP contribution < -0.4 is 16.0 Å². The fraction of sp³-hybridized carbons (Fsp3) is 0.591. The van der Waals surface area contributed by atoms with Gasteiger partial charge in [0.1, 0.15) is 12.6 Å². The summed E-state index contributed by atoms with van der Waals surface area (Å²) < 4.78 is 4.92. The first-order chi connectivity index (χ1) is 13.6. The molecule has 0 heterocycles. The van der Waals surface area contributed by atoms with Gasteiger partial charge in [0.2, 0.25) is 11.8 Å². The molecule has 0 saturated carbocycles. The summed E-state index contributed by atoms with van der Waals surface area (Å²) >= 11 is 0. The van der Waals surface area contributed by atoms with E-state index in [1.54, 1.807) is 31.2 Å². The van der Waals surface area contributed by atoms with E-state index in [0.29, 0.717) is 5.69 Å². The van der Waals surface area contributed by atoms with Crippen molar-refractivity contribution in [1.82, 2.24) is 10.6 Å². The lowest BCUT2D eigenvalue weighted by Gasteiger charge is -2.25. The van der Waals surface area contributed by atoms with Crippen LogP contribution in [0.25, 0.3) is 0 Å². The Morgan fingerprint density at radius 2 is 1.48 bits per heavy atom. The van der Waals surface area contributed by atoms with Crippen LogP contribution in [-0.4, -0.2) is 35.9 Å². The van der Waals surface area contributed by atoms with E-state index in [0.717, 1.165) is 5.56 Å². The number of rotatable bonds is 9. The molecule has 1 unspecified atom stereocenters. The molecular formula is C22H37N3O4. The Labute approximate surface area is 175 Å². The van der Waals surface area contributed by atoms with Gasteiger partial charge in [0.15, 0.2) is 0 Å². The van der Waals surface area contributed by atoms with E-state index in [1.165, 1.54) is 6.92 Å². The molecule has 0 bridgehead atoms. The third kappa shape index (κ3) is 10.6. The number of anilines is 1. The van der Waals surface area contributed by atoms with E-state index in [4.69, 9.17) is 4.74 Å². The molecule has 29 heavy (non-hydrogen) atoms. The Morgan fingerprint density at radius 3 is 1.93 bits per heavy atom. The van der Waals surface area contributed by atoms with E-state index in [9.17, 15) is 14.4 Å². The van der Waals surface area contributed by atoms with Gasteiger partial charge in [-0.1, -0.05) is 53.7 Å². The van der Waals surface area contributed by atoms with E-state index >= 15 is 0 Å². The summed E-state index contributed by atoms with van der Waals surface area (Å²) in [6.45, 7) is 15.1. The molecule has 0 aliphatic rings. The number of amides is 2. The number of carbonyl (C=O) groups excluding carboxylic acids is 3. The van der Waals surface area contributed by atoms with Crippen molar-refractivity contribution in [2.24, 2.45) is 5.92 Å². The molecule has 0 fully saturated rings. The molecule has 0 aromatic heterocycles. The second kappa shape index (κ2) is 13.7. The van der Waals surface area contributed by atoms with Crippen molar-refractivity contribution in [3.8, 4) is 0 Å². The second-order valence-corrected chi connectivity index (χ2v) is 7.24. The molecule has 1 rings (SSSR count). The maximum absolute atomic E-state index is 12.5. The SMILES string of the molecule is CC.CC(=O)OCc1ccc(NC(=O)[C@H](C)NC(=O)C(NC(C)C)C(C)C)cc1. The Balaban J connectivity index is 0.00000379. The highest BCUT2D eigenvalue weighted by atomic mass is 16.5. The highest BCUT2D eigenvalue weighted by Gasteiger charge is 2.25. The van der Waals surface area contributed by atoms with Crippen molar-refractivity contribution in [2.75, 3.05) is 5.32 Å². The monoisotopic (exact) mass is 407 g/mol. The minimum Gasteiger partial charge on any atom is -0.461 e. The lowest BCUT2D eigenvalue weighted by atomic mass is 10.0. The van der Waals surface area contributed by atoms with Crippen LogP contribution in [0.4, 0.5) is 5.69 Å². The summed E-state index contributed by atoms with van der Waals surface area (Å²) in [4.78, 5) is 35.6. The molecule has 0 aliphatic heterocycles. The van der Waals surface area contributed by atoms with Crippen molar-refractivity contribution in [1.29, 1.82) is 0 Å². The maximum atomic E-state index is 12.5. The number of esters is 1. The Hall–Kier alpha value is -2.41. The molecule has 1 aromatic carbocycles. The van der Waals surface area contributed by atoms with Crippen LogP contribution in [0, 0.1) is 5.92 Å². The number of benzene rings is 1. The molecule has 0 radical (unpaired) electrons. The van der Waals surface area contributed by atoms with E-state index in [1.807, 2.05) is 41.5 Å². The highest BCUT2D eigenvalue weighted by molar-refractivity contribution is 5.97. The summed E-state index contributed by atoms with van der Waals surface area (Å²) in [6, 6.07) is 6.11. The zero-order chi connectivity index (χ0) is 22.6. The van der Waals surface area contributed by atoms with Crippen LogP contribution in [0.2, 0.25) is 0 Å².